The monoisotopic (exact) mass is 296 g/mol. The molecule has 0 radical (unpaired) electrons. The van der Waals surface area contributed by atoms with Gasteiger partial charge in [0.1, 0.15) is 0 Å². The number of halogens is 1. The molecule has 0 aliphatic heterocycles. The van der Waals surface area contributed by atoms with E-state index in [4.69, 9.17) is 16.7 Å². The molecule has 0 bridgehead atoms. The average Bonchev–Trinajstić information content (AvgIpc) is 2.93. The van der Waals surface area contributed by atoms with Gasteiger partial charge in [0.25, 0.3) is 0 Å². The number of aryl methyl sites for hydroxylation is 2. The predicted molar refractivity (Wildman–Crippen MR) is 88.5 cm³/mol. The standard InChI is InChI=1S/C18H17ClN2/c1-3-21-18(15-8-10-16(19)11-9-15)12-17(20-21)14-6-4-13(2)5-7-14/h4-12H,3H2,1-2H3. The van der Waals surface area contributed by atoms with Crippen LogP contribution in [0, 0.1) is 6.92 Å². The summed E-state index contributed by atoms with van der Waals surface area (Å²) < 4.78 is 2.03. The summed E-state index contributed by atoms with van der Waals surface area (Å²) in [5.74, 6) is 0. The average molecular weight is 297 g/mol. The third-order valence-electron chi connectivity index (χ3n) is 3.57. The van der Waals surface area contributed by atoms with Crippen molar-refractivity contribution >= 4 is 11.6 Å². The van der Waals surface area contributed by atoms with Gasteiger partial charge in [0.2, 0.25) is 0 Å². The molecule has 3 aromatic rings. The molecule has 0 amide bonds. The fraction of sp³-hybridized carbons (Fsp3) is 0.167. The van der Waals surface area contributed by atoms with Crippen LogP contribution < -0.4 is 0 Å². The molecule has 0 aliphatic carbocycles. The van der Waals surface area contributed by atoms with E-state index in [1.807, 2.05) is 28.9 Å². The van der Waals surface area contributed by atoms with Gasteiger partial charge in [-0.3, -0.25) is 4.68 Å². The van der Waals surface area contributed by atoms with Crippen molar-refractivity contribution in [3.05, 3.63) is 65.2 Å². The minimum Gasteiger partial charge on any atom is -0.265 e. The first-order valence-electron chi connectivity index (χ1n) is 7.08. The number of aromatic nitrogens is 2. The highest BCUT2D eigenvalue weighted by atomic mass is 35.5. The molecule has 2 aromatic carbocycles. The predicted octanol–water partition coefficient (Wildman–Crippen LogP) is 5.20. The van der Waals surface area contributed by atoms with Gasteiger partial charge in [-0.15, -0.1) is 0 Å². The van der Waals surface area contributed by atoms with E-state index in [0.717, 1.165) is 34.1 Å². The van der Waals surface area contributed by atoms with E-state index in [9.17, 15) is 0 Å². The van der Waals surface area contributed by atoms with Crippen LogP contribution in [0.1, 0.15) is 12.5 Å². The van der Waals surface area contributed by atoms with E-state index in [1.165, 1.54) is 5.56 Å². The third kappa shape index (κ3) is 2.86. The van der Waals surface area contributed by atoms with Crippen LogP contribution in [0.4, 0.5) is 0 Å². The van der Waals surface area contributed by atoms with Crippen molar-refractivity contribution in [3.8, 4) is 22.5 Å². The number of rotatable bonds is 3. The van der Waals surface area contributed by atoms with Crippen molar-refractivity contribution in [3.63, 3.8) is 0 Å². The number of benzene rings is 2. The molecule has 2 nitrogen and oxygen atoms in total. The van der Waals surface area contributed by atoms with Gasteiger partial charge in [-0.25, -0.2) is 0 Å². The molecule has 0 spiro atoms. The minimum absolute atomic E-state index is 0.750. The molecular formula is C18H17ClN2. The molecule has 0 fully saturated rings. The molecule has 1 aromatic heterocycles. The first-order chi connectivity index (χ1) is 10.2. The van der Waals surface area contributed by atoms with E-state index in [0.29, 0.717) is 0 Å². The molecule has 21 heavy (non-hydrogen) atoms. The van der Waals surface area contributed by atoms with E-state index in [-0.39, 0.29) is 0 Å². The lowest BCUT2D eigenvalue weighted by Crippen LogP contribution is -1.99. The molecule has 0 N–H and O–H groups in total. The quantitative estimate of drug-likeness (QED) is 0.649. The minimum atomic E-state index is 0.750. The maximum atomic E-state index is 5.97. The van der Waals surface area contributed by atoms with Gasteiger partial charge in [0.15, 0.2) is 0 Å². The molecule has 3 heteroatoms. The van der Waals surface area contributed by atoms with Crippen LogP contribution in [0.25, 0.3) is 22.5 Å². The first-order valence-corrected chi connectivity index (χ1v) is 7.46. The molecule has 106 valence electrons. The Balaban J connectivity index is 2.05. The topological polar surface area (TPSA) is 17.8 Å². The smallest absolute Gasteiger partial charge is 0.0929 e. The summed E-state index contributed by atoms with van der Waals surface area (Å²) in [4.78, 5) is 0. The lowest BCUT2D eigenvalue weighted by atomic mass is 10.1. The molecule has 0 aliphatic rings. The SMILES string of the molecule is CCn1nc(-c2ccc(C)cc2)cc1-c1ccc(Cl)cc1. The van der Waals surface area contributed by atoms with Crippen molar-refractivity contribution < 1.29 is 0 Å². The van der Waals surface area contributed by atoms with Crippen molar-refractivity contribution in [2.75, 3.05) is 0 Å². The maximum Gasteiger partial charge on any atom is 0.0929 e. The van der Waals surface area contributed by atoms with Gasteiger partial charge in [0, 0.05) is 17.1 Å². The zero-order valence-electron chi connectivity index (χ0n) is 12.2. The maximum absolute atomic E-state index is 5.97. The van der Waals surface area contributed by atoms with Crippen LogP contribution in [-0.4, -0.2) is 9.78 Å². The van der Waals surface area contributed by atoms with Gasteiger partial charge in [-0.1, -0.05) is 53.6 Å². The zero-order valence-corrected chi connectivity index (χ0v) is 12.9. The van der Waals surface area contributed by atoms with E-state index in [2.05, 4.69) is 44.2 Å². The van der Waals surface area contributed by atoms with E-state index >= 15 is 0 Å². The summed E-state index contributed by atoms with van der Waals surface area (Å²) in [7, 11) is 0. The van der Waals surface area contributed by atoms with Crippen LogP contribution in [0.2, 0.25) is 5.02 Å². The Hall–Kier alpha value is -2.06. The summed E-state index contributed by atoms with van der Waals surface area (Å²) in [6, 6.07) is 18.5. The molecule has 0 unspecified atom stereocenters. The Morgan fingerprint density at radius 3 is 2.19 bits per heavy atom. The highest BCUT2D eigenvalue weighted by Crippen LogP contribution is 2.27. The van der Waals surface area contributed by atoms with Crippen molar-refractivity contribution in [2.24, 2.45) is 0 Å². The summed E-state index contributed by atoms with van der Waals surface area (Å²) in [6.45, 7) is 5.03. The summed E-state index contributed by atoms with van der Waals surface area (Å²) in [5, 5.41) is 5.46. The van der Waals surface area contributed by atoms with Crippen molar-refractivity contribution in [2.45, 2.75) is 20.4 Å². The highest BCUT2D eigenvalue weighted by molar-refractivity contribution is 6.30. The second-order valence-corrected chi connectivity index (χ2v) is 5.54. The number of hydrogen-bond acceptors (Lipinski definition) is 1. The van der Waals surface area contributed by atoms with Gasteiger partial charge < -0.3 is 0 Å². The Kier molecular flexibility index (Phi) is 3.80. The zero-order chi connectivity index (χ0) is 14.8. The van der Waals surface area contributed by atoms with Gasteiger partial charge in [-0.05, 0) is 37.6 Å². The normalized spacial score (nSPS) is 10.8. The molecule has 3 rings (SSSR count). The second-order valence-electron chi connectivity index (χ2n) is 5.10. The van der Waals surface area contributed by atoms with Crippen LogP contribution in [-0.2, 0) is 6.54 Å². The molecule has 0 saturated carbocycles. The largest absolute Gasteiger partial charge is 0.265 e. The molecule has 0 atom stereocenters. The van der Waals surface area contributed by atoms with E-state index in [1.54, 1.807) is 0 Å². The lowest BCUT2D eigenvalue weighted by Gasteiger charge is -2.04. The van der Waals surface area contributed by atoms with Gasteiger partial charge in [0.05, 0.1) is 11.4 Å². The fourth-order valence-corrected chi connectivity index (χ4v) is 2.50. The first kappa shape index (κ1) is 13.9. The van der Waals surface area contributed by atoms with Gasteiger partial charge >= 0.3 is 0 Å². The Morgan fingerprint density at radius 1 is 0.952 bits per heavy atom. The van der Waals surface area contributed by atoms with Crippen LogP contribution in [0.5, 0.6) is 0 Å². The molecule has 1 heterocycles. The van der Waals surface area contributed by atoms with Crippen molar-refractivity contribution in [1.82, 2.24) is 9.78 Å². The number of nitrogens with zero attached hydrogens (tertiary/aromatic N) is 2. The third-order valence-corrected chi connectivity index (χ3v) is 3.82. The van der Waals surface area contributed by atoms with E-state index < -0.39 is 0 Å². The second kappa shape index (κ2) is 5.74. The molecule has 0 saturated heterocycles. The summed E-state index contributed by atoms with van der Waals surface area (Å²) in [6.07, 6.45) is 0. The summed E-state index contributed by atoms with van der Waals surface area (Å²) in [5.41, 5.74) is 5.65. The Bertz CT molecular complexity index is 740. The number of hydrogen-bond donors (Lipinski definition) is 0. The van der Waals surface area contributed by atoms with Gasteiger partial charge in [-0.2, -0.15) is 5.10 Å². The van der Waals surface area contributed by atoms with Crippen LogP contribution in [0.15, 0.2) is 54.6 Å². The Labute approximate surface area is 130 Å². The fourth-order valence-electron chi connectivity index (χ4n) is 2.38. The lowest BCUT2D eigenvalue weighted by molar-refractivity contribution is 0.669. The summed E-state index contributed by atoms with van der Waals surface area (Å²) >= 11 is 5.97. The highest BCUT2D eigenvalue weighted by Gasteiger charge is 2.10. The van der Waals surface area contributed by atoms with Crippen LogP contribution in [0.3, 0.4) is 0 Å². The Morgan fingerprint density at radius 2 is 1.57 bits per heavy atom. The van der Waals surface area contributed by atoms with Crippen LogP contribution >= 0.6 is 11.6 Å². The molecular weight excluding hydrogens is 280 g/mol. The van der Waals surface area contributed by atoms with Crippen molar-refractivity contribution in [1.29, 1.82) is 0 Å².